The summed E-state index contributed by atoms with van der Waals surface area (Å²) in [7, 11) is -3.51. The minimum absolute atomic E-state index is 0.144. The van der Waals surface area contributed by atoms with Crippen molar-refractivity contribution in [3.8, 4) is 11.3 Å². The summed E-state index contributed by atoms with van der Waals surface area (Å²) < 4.78 is 27.0. The Labute approximate surface area is 205 Å². The molecule has 2 aliphatic rings. The molecule has 10 heteroatoms. The summed E-state index contributed by atoms with van der Waals surface area (Å²) in [5.74, 6) is 1.49. The molecule has 0 radical (unpaired) electrons. The molecule has 1 saturated heterocycles. The lowest BCUT2D eigenvalue weighted by atomic mass is 9.93. The molecule has 1 aliphatic heterocycles. The zero-order valence-corrected chi connectivity index (χ0v) is 20.4. The normalized spacial score (nSPS) is 21.5. The van der Waals surface area contributed by atoms with Gasteiger partial charge in [-0.3, -0.25) is 5.10 Å². The molecule has 2 fully saturated rings. The quantitative estimate of drug-likeness (QED) is 0.336. The highest BCUT2D eigenvalue weighted by Gasteiger charge is 2.30. The molecule has 1 aromatic carbocycles. The molecular weight excluding hydrogens is 464 g/mol. The number of aromatic amines is 1. The van der Waals surface area contributed by atoms with Crippen molar-refractivity contribution in [3.63, 3.8) is 0 Å². The zero-order valence-electron chi connectivity index (χ0n) is 19.6. The van der Waals surface area contributed by atoms with Gasteiger partial charge in [0, 0.05) is 12.1 Å². The molecule has 35 heavy (non-hydrogen) atoms. The Morgan fingerprint density at radius 1 is 0.886 bits per heavy atom. The van der Waals surface area contributed by atoms with Gasteiger partial charge in [-0.2, -0.15) is 5.10 Å². The smallest absolute Gasteiger partial charge is 0.181 e. The summed E-state index contributed by atoms with van der Waals surface area (Å²) in [6.45, 7) is 1.40. The zero-order chi connectivity index (χ0) is 24.3. The summed E-state index contributed by atoms with van der Waals surface area (Å²) in [6.07, 6.45) is 4.01. The number of rotatable bonds is 7. The highest BCUT2D eigenvalue weighted by atomic mass is 32.2. The van der Waals surface area contributed by atoms with Crippen LogP contribution in [0.25, 0.3) is 11.3 Å². The second-order valence-electron chi connectivity index (χ2n) is 9.38. The summed E-state index contributed by atoms with van der Waals surface area (Å²) in [5.41, 5.74) is 1.86. The number of aromatic nitrogens is 3. The number of sulfone groups is 1. The SMILES string of the molecule is O=S(=O)(c1cc(Nc2cc(-c3ccccc3)[nH]n2)nc(N[C@H]2CC[C@H](O)CC2)c1)C1CCNCC1. The Morgan fingerprint density at radius 2 is 1.60 bits per heavy atom. The molecule has 9 nitrogen and oxygen atoms in total. The number of hydrogen-bond donors (Lipinski definition) is 5. The van der Waals surface area contributed by atoms with Gasteiger partial charge < -0.3 is 21.1 Å². The standard InChI is InChI=1S/C25H32N6O3S/c32-19-8-6-18(7-9-19)27-23-14-21(35(33,34)20-10-12-26-13-11-20)15-24(28-23)29-25-16-22(30-31-25)17-4-2-1-3-5-17/h1-5,14-16,18-20,26,32H,6-13H2,(H3,27,28,29,30,31)/t18-,19-. The molecule has 0 spiro atoms. The average molecular weight is 497 g/mol. The minimum Gasteiger partial charge on any atom is -0.393 e. The van der Waals surface area contributed by atoms with E-state index in [1.165, 1.54) is 0 Å². The van der Waals surface area contributed by atoms with Crippen LogP contribution in [0.4, 0.5) is 17.5 Å². The Bertz CT molecular complexity index is 1230. The molecule has 0 atom stereocenters. The first-order valence-electron chi connectivity index (χ1n) is 12.3. The monoisotopic (exact) mass is 496 g/mol. The van der Waals surface area contributed by atoms with Crippen LogP contribution in [0.2, 0.25) is 0 Å². The van der Waals surface area contributed by atoms with Crippen molar-refractivity contribution in [1.29, 1.82) is 0 Å². The van der Waals surface area contributed by atoms with Crippen molar-refractivity contribution in [1.82, 2.24) is 20.5 Å². The number of benzene rings is 1. The van der Waals surface area contributed by atoms with E-state index in [9.17, 15) is 13.5 Å². The topological polar surface area (TPSA) is 132 Å². The lowest BCUT2D eigenvalue weighted by Crippen LogP contribution is -2.35. The fourth-order valence-corrected chi connectivity index (χ4v) is 6.61. The molecule has 2 aromatic heterocycles. The molecule has 0 unspecified atom stereocenters. The van der Waals surface area contributed by atoms with Crippen molar-refractivity contribution in [2.75, 3.05) is 23.7 Å². The van der Waals surface area contributed by atoms with E-state index in [0.29, 0.717) is 43.4 Å². The lowest BCUT2D eigenvalue weighted by Gasteiger charge is -2.27. The summed E-state index contributed by atoms with van der Waals surface area (Å²) >= 11 is 0. The molecule has 1 saturated carbocycles. The van der Waals surface area contributed by atoms with Gasteiger partial charge in [0.25, 0.3) is 0 Å². The van der Waals surface area contributed by atoms with E-state index in [2.05, 4.69) is 31.1 Å². The van der Waals surface area contributed by atoms with E-state index < -0.39 is 15.1 Å². The Balaban J connectivity index is 1.43. The fourth-order valence-electron chi connectivity index (χ4n) is 4.82. The third-order valence-corrected chi connectivity index (χ3v) is 9.06. The van der Waals surface area contributed by atoms with Crippen molar-refractivity contribution < 1.29 is 13.5 Å². The maximum absolute atomic E-state index is 13.5. The van der Waals surface area contributed by atoms with E-state index in [4.69, 9.17) is 0 Å². The number of pyridine rings is 1. The van der Waals surface area contributed by atoms with Gasteiger partial charge in [-0.25, -0.2) is 13.4 Å². The van der Waals surface area contributed by atoms with Gasteiger partial charge in [0.2, 0.25) is 0 Å². The first kappa shape index (κ1) is 23.8. The van der Waals surface area contributed by atoms with Crippen LogP contribution in [0.3, 0.4) is 0 Å². The number of nitrogens with zero attached hydrogens (tertiary/aromatic N) is 2. The van der Waals surface area contributed by atoms with E-state index in [-0.39, 0.29) is 17.0 Å². The number of aliphatic hydroxyl groups is 1. The fraction of sp³-hybridized carbons (Fsp3) is 0.440. The predicted octanol–water partition coefficient (Wildman–Crippen LogP) is 3.46. The predicted molar refractivity (Wildman–Crippen MR) is 137 cm³/mol. The van der Waals surface area contributed by atoms with Gasteiger partial charge >= 0.3 is 0 Å². The van der Waals surface area contributed by atoms with Gasteiger partial charge in [-0.1, -0.05) is 30.3 Å². The van der Waals surface area contributed by atoms with Gasteiger partial charge in [0.05, 0.1) is 21.9 Å². The van der Waals surface area contributed by atoms with Crippen molar-refractivity contribution in [2.45, 2.75) is 60.8 Å². The van der Waals surface area contributed by atoms with Gasteiger partial charge in [0.1, 0.15) is 11.6 Å². The molecule has 3 aromatic rings. The Kier molecular flexibility index (Phi) is 7.03. The molecule has 0 bridgehead atoms. The van der Waals surface area contributed by atoms with Crippen LogP contribution >= 0.6 is 0 Å². The molecular formula is C25H32N6O3S. The molecule has 5 rings (SSSR count). The average Bonchev–Trinajstić information content (AvgIpc) is 3.35. The van der Waals surface area contributed by atoms with Crippen LogP contribution in [0.1, 0.15) is 38.5 Å². The largest absolute Gasteiger partial charge is 0.393 e. The molecule has 0 amide bonds. The van der Waals surface area contributed by atoms with Crippen LogP contribution in [0.5, 0.6) is 0 Å². The summed E-state index contributed by atoms with van der Waals surface area (Å²) in [6, 6.07) is 15.1. The third-order valence-electron chi connectivity index (χ3n) is 6.82. The maximum atomic E-state index is 13.5. The van der Waals surface area contributed by atoms with Crippen LogP contribution < -0.4 is 16.0 Å². The first-order chi connectivity index (χ1) is 17.0. The van der Waals surface area contributed by atoms with Crippen LogP contribution in [0, 0.1) is 0 Å². The van der Waals surface area contributed by atoms with Crippen molar-refractivity contribution in [3.05, 3.63) is 48.5 Å². The second-order valence-corrected chi connectivity index (χ2v) is 11.6. The van der Waals surface area contributed by atoms with Crippen LogP contribution in [-0.2, 0) is 9.84 Å². The van der Waals surface area contributed by atoms with Crippen molar-refractivity contribution >= 4 is 27.3 Å². The minimum atomic E-state index is -3.51. The maximum Gasteiger partial charge on any atom is 0.181 e. The Hall–Kier alpha value is -2.95. The van der Waals surface area contributed by atoms with E-state index in [1.54, 1.807) is 12.1 Å². The molecule has 1 aliphatic carbocycles. The molecule has 5 N–H and O–H groups in total. The highest BCUT2D eigenvalue weighted by molar-refractivity contribution is 7.92. The van der Waals surface area contributed by atoms with Gasteiger partial charge in [0.15, 0.2) is 15.7 Å². The van der Waals surface area contributed by atoms with Crippen molar-refractivity contribution in [2.24, 2.45) is 0 Å². The molecule has 186 valence electrons. The number of H-pyrrole nitrogens is 1. The number of anilines is 3. The summed E-state index contributed by atoms with van der Waals surface area (Å²) in [4.78, 5) is 4.93. The highest BCUT2D eigenvalue weighted by Crippen LogP contribution is 2.30. The van der Waals surface area contributed by atoms with Gasteiger partial charge in [-0.05, 0) is 69.3 Å². The number of nitrogens with one attached hydrogen (secondary N) is 4. The number of aliphatic hydroxyl groups excluding tert-OH is 1. The third kappa shape index (κ3) is 5.66. The van der Waals surface area contributed by atoms with E-state index in [1.807, 2.05) is 36.4 Å². The number of hydrogen-bond acceptors (Lipinski definition) is 8. The van der Waals surface area contributed by atoms with Gasteiger partial charge in [-0.15, -0.1) is 0 Å². The van der Waals surface area contributed by atoms with E-state index in [0.717, 1.165) is 36.9 Å². The first-order valence-corrected chi connectivity index (χ1v) is 13.8. The molecule has 3 heterocycles. The Morgan fingerprint density at radius 3 is 2.34 bits per heavy atom. The summed E-state index contributed by atoms with van der Waals surface area (Å²) in [5, 5.41) is 26.6. The lowest BCUT2D eigenvalue weighted by molar-refractivity contribution is 0.126. The number of piperidine rings is 1. The van der Waals surface area contributed by atoms with E-state index >= 15 is 0 Å². The van der Waals surface area contributed by atoms with Crippen LogP contribution in [0.15, 0.2) is 53.4 Å². The van der Waals surface area contributed by atoms with Crippen LogP contribution in [-0.4, -0.2) is 59.2 Å². The second kappa shape index (κ2) is 10.3.